The van der Waals surface area contributed by atoms with E-state index in [1.165, 1.54) is 0 Å². The van der Waals surface area contributed by atoms with Crippen LogP contribution in [-0.4, -0.2) is 33.0 Å². The molecule has 0 spiro atoms. The fourth-order valence-corrected chi connectivity index (χ4v) is 3.33. The first-order valence-electron chi connectivity index (χ1n) is 8.74. The van der Waals surface area contributed by atoms with Crippen molar-refractivity contribution in [3.05, 3.63) is 60.2 Å². The minimum atomic E-state index is -0.241. The van der Waals surface area contributed by atoms with E-state index < -0.39 is 0 Å². The van der Waals surface area contributed by atoms with Crippen molar-refractivity contribution in [1.82, 2.24) is 14.9 Å². The van der Waals surface area contributed by atoms with Crippen LogP contribution in [0.2, 0.25) is 0 Å². The number of amides is 1. The first-order chi connectivity index (χ1) is 12.0. The van der Waals surface area contributed by atoms with Gasteiger partial charge in [-0.05, 0) is 56.0 Å². The molecule has 1 aliphatic heterocycles. The molecule has 1 atom stereocenters. The number of carbonyl (C=O) groups excluding carboxylic acids is 1. The molecule has 0 N–H and O–H groups in total. The summed E-state index contributed by atoms with van der Waals surface area (Å²) in [4.78, 5) is 23.4. The number of ether oxygens (including phenoxy) is 1. The summed E-state index contributed by atoms with van der Waals surface area (Å²) in [5.74, 6) is 0.194. The van der Waals surface area contributed by atoms with Gasteiger partial charge in [0.2, 0.25) is 5.91 Å². The molecule has 2 aromatic heterocycles. The second kappa shape index (κ2) is 7.74. The van der Waals surface area contributed by atoms with Crippen LogP contribution >= 0.6 is 0 Å². The van der Waals surface area contributed by atoms with E-state index in [9.17, 15) is 4.79 Å². The number of hydrogen-bond acceptors (Lipinski definition) is 4. The van der Waals surface area contributed by atoms with Crippen molar-refractivity contribution in [2.24, 2.45) is 5.92 Å². The van der Waals surface area contributed by atoms with Gasteiger partial charge in [-0.25, -0.2) is 0 Å². The third kappa shape index (κ3) is 4.86. The van der Waals surface area contributed by atoms with Crippen molar-refractivity contribution < 1.29 is 9.53 Å². The third-order valence-corrected chi connectivity index (χ3v) is 4.58. The predicted molar refractivity (Wildman–Crippen MR) is 95.5 cm³/mol. The van der Waals surface area contributed by atoms with Gasteiger partial charge >= 0.3 is 0 Å². The summed E-state index contributed by atoms with van der Waals surface area (Å²) >= 11 is 0. The van der Waals surface area contributed by atoms with Crippen LogP contribution in [0, 0.1) is 5.92 Å². The monoisotopic (exact) mass is 339 g/mol. The van der Waals surface area contributed by atoms with E-state index in [1.54, 1.807) is 18.6 Å². The Labute approximate surface area is 149 Å². The topological polar surface area (TPSA) is 55.3 Å². The van der Waals surface area contributed by atoms with Crippen LogP contribution in [0.1, 0.15) is 37.8 Å². The lowest BCUT2D eigenvalue weighted by atomic mass is 9.87. The van der Waals surface area contributed by atoms with Crippen molar-refractivity contribution in [1.29, 1.82) is 0 Å². The van der Waals surface area contributed by atoms with E-state index in [2.05, 4.69) is 23.8 Å². The van der Waals surface area contributed by atoms with Crippen LogP contribution in [0.5, 0.6) is 0 Å². The molecule has 3 rings (SSSR count). The summed E-state index contributed by atoms with van der Waals surface area (Å²) in [5, 5.41) is 0. The summed E-state index contributed by atoms with van der Waals surface area (Å²) in [6, 6.07) is 7.82. The van der Waals surface area contributed by atoms with Gasteiger partial charge in [-0.2, -0.15) is 0 Å². The first-order valence-corrected chi connectivity index (χ1v) is 8.74. The summed E-state index contributed by atoms with van der Waals surface area (Å²) in [6.07, 6.45) is 8.63. The smallest absolute Gasteiger partial charge is 0.226 e. The average Bonchev–Trinajstić information content (AvgIpc) is 2.61. The Morgan fingerprint density at radius 1 is 1.16 bits per heavy atom. The second-order valence-electron chi connectivity index (χ2n) is 7.21. The first kappa shape index (κ1) is 17.5. The lowest BCUT2D eigenvalue weighted by Gasteiger charge is -2.37. The zero-order valence-corrected chi connectivity index (χ0v) is 14.9. The maximum absolute atomic E-state index is 13.2. The minimum Gasteiger partial charge on any atom is -0.376 e. The number of nitrogens with zero attached hydrogens (tertiary/aromatic N) is 3. The number of pyridine rings is 2. The fourth-order valence-electron chi connectivity index (χ4n) is 3.33. The van der Waals surface area contributed by atoms with Crippen LogP contribution in [0.15, 0.2) is 49.1 Å². The summed E-state index contributed by atoms with van der Waals surface area (Å²) in [7, 11) is 0. The molecule has 1 unspecified atom stereocenters. The number of hydrogen-bond donors (Lipinski definition) is 0. The summed E-state index contributed by atoms with van der Waals surface area (Å²) in [6.45, 7) is 5.89. The van der Waals surface area contributed by atoms with Gasteiger partial charge in [-0.1, -0.05) is 6.07 Å². The van der Waals surface area contributed by atoms with E-state index >= 15 is 0 Å². The quantitative estimate of drug-likeness (QED) is 0.839. The lowest BCUT2D eigenvalue weighted by Crippen LogP contribution is -2.43. The minimum absolute atomic E-state index is 0.00209. The molecule has 0 aromatic carbocycles. The third-order valence-electron chi connectivity index (χ3n) is 4.58. The van der Waals surface area contributed by atoms with E-state index in [0.717, 1.165) is 24.0 Å². The van der Waals surface area contributed by atoms with Gasteiger partial charge in [0.15, 0.2) is 0 Å². The molecule has 1 fully saturated rings. The molecule has 0 aliphatic carbocycles. The van der Waals surface area contributed by atoms with Crippen LogP contribution in [-0.2, 0) is 22.6 Å². The number of rotatable bonds is 5. The zero-order chi connectivity index (χ0) is 17.7. The van der Waals surface area contributed by atoms with E-state index in [4.69, 9.17) is 4.74 Å². The van der Waals surface area contributed by atoms with Crippen LogP contribution in [0.25, 0.3) is 0 Å². The number of carbonyl (C=O) groups is 1. The largest absolute Gasteiger partial charge is 0.376 e. The Hall–Kier alpha value is -2.27. The molecule has 25 heavy (non-hydrogen) atoms. The maximum Gasteiger partial charge on any atom is 0.226 e. The Bertz CT molecular complexity index is 647. The van der Waals surface area contributed by atoms with E-state index in [1.807, 2.05) is 35.4 Å². The molecule has 1 aliphatic rings. The highest BCUT2D eigenvalue weighted by molar-refractivity contribution is 5.79. The fraction of sp³-hybridized carbons (Fsp3) is 0.450. The van der Waals surface area contributed by atoms with Crippen LogP contribution in [0.3, 0.4) is 0 Å². The van der Waals surface area contributed by atoms with Crippen molar-refractivity contribution >= 4 is 5.91 Å². The van der Waals surface area contributed by atoms with Gasteiger partial charge in [0, 0.05) is 50.4 Å². The predicted octanol–water partition coefficient (Wildman–Crippen LogP) is 3.21. The molecule has 5 heteroatoms. The molecule has 0 saturated carbocycles. The van der Waals surface area contributed by atoms with Gasteiger partial charge in [0.05, 0.1) is 5.60 Å². The normalized spacial score (nSPS) is 19.4. The van der Waals surface area contributed by atoms with Crippen molar-refractivity contribution in [3.63, 3.8) is 0 Å². The van der Waals surface area contributed by atoms with Crippen LogP contribution < -0.4 is 0 Å². The van der Waals surface area contributed by atoms with Gasteiger partial charge in [0.25, 0.3) is 0 Å². The Kier molecular flexibility index (Phi) is 5.43. The highest BCUT2D eigenvalue weighted by Crippen LogP contribution is 2.30. The molecule has 1 saturated heterocycles. The molecular weight excluding hydrogens is 314 g/mol. The molecule has 3 heterocycles. The van der Waals surface area contributed by atoms with E-state index in [0.29, 0.717) is 19.7 Å². The molecule has 0 bridgehead atoms. The molecule has 1 amide bonds. The van der Waals surface area contributed by atoms with Gasteiger partial charge in [-0.15, -0.1) is 0 Å². The summed E-state index contributed by atoms with van der Waals surface area (Å²) < 4.78 is 5.77. The van der Waals surface area contributed by atoms with E-state index in [-0.39, 0.29) is 17.4 Å². The molecule has 2 aromatic rings. The van der Waals surface area contributed by atoms with Crippen molar-refractivity contribution in [2.75, 3.05) is 6.61 Å². The molecular formula is C20H25N3O2. The molecule has 132 valence electrons. The zero-order valence-electron chi connectivity index (χ0n) is 14.9. The Morgan fingerprint density at radius 2 is 1.92 bits per heavy atom. The van der Waals surface area contributed by atoms with Crippen molar-refractivity contribution in [2.45, 2.75) is 45.4 Å². The molecule has 0 radical (unpaired) electrons. The summed E-state index contributed by atoms with van der Waals surface area (Å²) in [5.41, 5.74) is 1.88. The Morgan fingerprint density at radius 3 is 2.60 bits per heavy atom. The lowest BCUT2D eigenvalue weighted by molar-refractivity contribution is -0.146. The standard InChI is InChI=1S/C20H25N3O2/c1-20(2)12-18(7-11-25-20)19(24)23(14-16-5-9-21-10-6-16)15-17-4-3-8-22-13-17/h3-6,8-10,13,18H,7,11-12,14-15H2,1-2H3. The highest BCUT2D eigenvalue weighted by Gasteiger charge is 2.35. The second-order valence-corrected chi connectivity index (χ2v) is 7.21. The molecule has 5 nitrogen and oxygen atoms in total. The highest BCUT2D eigenvalue weighted by atomic mass is 16.5. The average molecular weight is 339 g/mol. The van der Waals surface area contributed by atoms with Crippen molar-refractivity contribution in [3.8, 4) is 0 Å². The Balaban J connectivity index is 1.78. The number of aromatic nitrogens is 2. The van der Waals surface area contributed by atoms with Gasteiger partial charge in [0.1, 0.15) is 0 Å². The van der Waals surface area contributed by atoms with Gasteiger partial charge < -0.3 is 9.64 Å². The maximum atomic E-state index is 13.2. The SMILES string of the molecule is CC1(C)CC(C(=O)N(Cc2ccncc2)Cc2cccnc2)CCO1. The van der Waals surface area contributed by atoms with Gasteiger partial charge in [-0.3, -0.25) is 14.8 Å². The van der Waals surface area contributed by atoms with Crippen LogP contribution in [0.4, 0.5) is 0 Å².